The number of hydrogen-bond acceptors (Lipinski definition) is 11. The molecule has 0 aliphatic carbocycles. The van der Waals surface area contributed by atoms with Crippen molar-refractivity contribution in [3.8, 4) is 46.3 Å². The van der Waals surface area contributed by atoms with Crippen LogP contribution in [0.5, 0.6) is 40.2 Å². The third-order valence-electron chi connectivity index (χ3n) is 10.4. The number of methoxy groups -OCH3 is 5. The summed E-state index contributed by atoms with van der Waals surface area (Å²) in [7, 11) is 8.36. The van der Waals surface area contributed by atoms with E-state index in [9.17, 15) is 5.11 Å². The summed E-state index contributed by atoms with van der Waals surface area (Å²) in [5.41, 5.74) is 13.5. The third-order valence-corrected chi connectivity index (χ3v) is 10.4. The standard InChI is InChI=1S/C12H15NO.C9H12O2.3C9H12O.C8H10O.C6H5N3.CH4/c1-3-4-7-13-9-11-8-10(2)5-6-12(11)14;1-7-4-5-8(10-2)9(6-7)11-3;3*1-7-4-5-8(2)9(6-7)10-3;1-6-3-4-7(2)8(9)5-6;1-5-3-8-6(2-7)9-4-5;/h3-8,13-14H,1,9H2,2H3;4-6H,1-3H3;3*4-6H,1-3H3;3-5,9H,1-2H3;3-4H,1H3;1H4. The lowest BCUT2D eigenvalue weighted by molar-refractivity contribution is 0.354. The lowest BCUT2D eigenvalue weighted by Gasteiger charge is -2.06. The van der Waals surface area contributed by atoms with E-state index in [1.807, 2.05) is 128 Å². The first-order valence-corrected chi connectivity index (χ1v) is 23.5. The minimum Gasteiger partial charge on any atom is -0.508 e. The molecule has 0 spiro atoms. The molecule has 3 N–H and O–H groups in total. The zero-order valence-corrected chi connectivity index (χ0v) is 46.0. The van der Waals surface area contributed by atoms with E-state index in [1.165, 1.54) is 38.9 Å². The molecule has 0 bridgehead atoms. The van der Waals surface area contributed by atoms with Gasteiger partial charge in [-0.25, -0.2) is 9.97 Å². The highest BCUT2D eigenvalue weighted by atomic mass is 16.5. The van der Waals surface area contributed by atoms with Crippen LogP contribution in [0.15, 0.2) is 147 Å². The van der Waals surface area contributed by atoms with Crippen LogP contribution in [0.1, 0.15) is 80.0 Å². The molecule has 1 aromatic heterocycles. The van der Waals surface area contributed by atoms with Gasteiger partial charge in [0.1, 0.15) is 34.8 Å². The molecule has 0 radical (unpaired) electrons. The Labute approximate surface area is 443 Å². The summed E-state index contributed by atoms with van der Waals surface area (Å²) in [5, 5.41) is 29.9. The van der Waals surface area contributed by atoms with Crippen LogP contribution in [0.4, 0.5) is 0 Å². The second-order valence-electron chi connectivity index (χ2n) is 16.9. The second-order valence-corrected chi connectivity index (χ2v) is 16.9. The molecule has 396 valence electrons. The molecule has 11 heteroatoms. The number of aryl methyl sites for hydroxylation is 11. The molecule has 11 nitrogen and oxygen atoms in total. The number of benzene rings is 6. The summed E-state index contributed by atoms with van der Waals surface area (Å²) < 4.78 is 25.5. The van der Waals surface area contributed by atoms with Crippen molar-refractivity contribution >= 4 is 0 Å². The Morgan fingerprint density at radius 2 is 0.838 bits per heavy atom. The fourth-order valence-corrected chi connectivity index (χ4v) is 6.06. The first kappa shape index (κ1) is 65.8. The van der Waals surface area contributed by atoms with Crippen molar-refractivity contribution in [2.24, 2.45) is 0 Å². The summed E-state index contributed by atoms with van der Waals surface area (Å²) in [6.07, 6.45) is 8.54. The highest BCUT2D eigenvalue weighted by Gasteiger charge is 2.02. The Hall–Kier alpha value is -8.23. The monoisotopic (exact) mass is 1010 g/mol. The predicted octanol–water partition coefficient (Wildman–Crippen LogP) is 14.7. The maximum Gasteiger partial charge on any atom is 0.232 e. The largest absolute Gasteiger partial charge is 0.508 e. The molecule has 7 rings (SSSR count). The number of nitrogens with zero attached hydrogens (tertiary/aromatic N) is 3. The summed E-state index contributed by atoms with van der Waals surface area (Å²) in [5.74, 6) is 5.41. The lowest BCUT2D eigenvalue weighted by Crippen LogP contribution is -2.04. The second kappa shape index (κ2) is 36.7. The van der Waals surface area contributed by atoms with E-state index in [1.54, 1.807) is 72.4 Å². The highest BCUT2D eigenvalue weighted by molar-refractivity contribution is 5.43. The van der Waals surface area contributed by atoms with Gasteiger partial charge in [-0.2, -0.15) is 5.26 Å². The maximum absolute atomic E-state index is 9.51. The van der Waals surface area contributed by atoms with Crippen molar-refractivity contribution in [2.75, 3.05) is 35.5 Å². The Kier molecular flexibility index (Phi) is 32.6. The summed E-state index contributed by atoms with van der Waals surface area (Å²) in [6.45, 7) is 26.2. The molecule has 0 fully saturated rings. The maximum atomic E-state index is 9.51. The average molecular weight is 1010 g/mol. The number of phenols is 2. The minimum absolute atomic E-state index is 0. The predicted molar refractivity (Wildman–Crippen MR) is 307 cm³/mol. The van der Waals surface area contributed by atoms with Crippen molar-refractivity contribution in [3.05, 3.63) is 219 Å². The Morgan fingerprint density at radius 1 is 0.473 bits per heavy atom. The van der Waals surface area contributed by atoms with Crippen LogP contribution in [-0.4, -0.2) is 55.7 Å². The summed E-state index contributed by atoms with van der Waals surface area (Å²) in [4.78, 5) is 7.45. The highest BCUT2D eigenvalue weighted by Crippen LogP contribution is 2.27. The minimum atomic E-state index is 0. The van der Waals surface area contributed by atoms with Crippen molar-refractivity contribution in [3.63, 3.8) is 0 Å². The van der Waals surface area contributed by atoms with Gasteiger partial charge in [0.05, 0.1) is 35.5 Å². The van der Waals surface area contributed by atoms with E-state index in [2.05, 4.69) is 79.0 Å². The molecule has 1 heterocycles. The number of rotatable bonds is 9. The van der Waals surface area contributed by atoms with Crippen molar-refractivity contribution in [2.45, 2.75) is 90.1 Å². The van der Waals surface area contributed by atoms with Gasteiger partial charge in [-0.3, -0.25) is 0 Å². The van der Waals surface area contributed by atoms with Gasteiger partial charge in [-0.15, -0.1) is 0 Å². The number of ether oxygens (including phenoxy) is 5. The van der Waals surface area contributed by atoms with Gasteiger partial charge < -0.3 is 39.2 Å². The zero-order valence-electron chi connectivity index (χ0n) is 46.0. The molecule has 7 aromatic rings. The van der Waals surface area contributed by atoms with Gasteiger partial charge in [0, 0.05) is 24.5 Å². The first-order chi connectivity index (χ1) is 34.7. The fraction of sp³-hybridized carbons (Fsp3) is 0.286. The van der Waals surface area contributed by atoms with Crippen LogP contribution in [0.3, 0.4) is 0 Å². The van der Waals surface area contributed by atoms with Gasteiger partial charge in [-0.1, -0.05) is 92.4 Å². The van der Waals surface area contributed by atoms with E-state index < -0.39 is 0 Å². The van der Waals surface area contributed by atoms with Crippen molar-refractivity contribution in [1.29, 1.82) is 5.26 Å². The number of allylic oxidation sites excluding steroid dienone is 2. The van der Waals surface area contributed by atoms with E-state index in [0.29, 0.717) is 18.0 Å². The fourth-order valence-electron chi connectivity index (χ4n) is 6.06. The normalized spacial score (nSPS) is 9.39. The van der Waals surface area contributed by atoms with Crippen LogP contribution in [0, 0.1) is 87.5 Å². The lowest BCUT2D eigenvalue weighted by atomic mass is 10.1. The van der Waals surface area contributed by atoms with Gasteiger partial charge in [0.15, 0.2) is 11.5 Å². The van der Waals surface area contributed by atoms with Crippen molar-refractivity contribution in [1.82, 2.24) is 15.3 Å². The molecular formula is C63H82N4O7. The van der Waals surface area contributed by atoms with E-state index in [4.69, 9.17) is 34.1 Å². The van der Waals surface area contributed by atoms with Gasteiger partial charge >= 0.3 is 0 Å². The molecule has 0 amide bonds. The Bertz CT molecular complexity index is 2680. The SMILES string of the molecule is C.C=CC=CNCc1cc(C)ccc1O.COc1cc(C)ccc1C.COc1cc(C)ccc1C.COc1cc(C)ccc1C.COc1ccc(C)cc1OC.Cc1ccc(C)c(O)c1.Cc1cnc(C#N)nc1. The Morgan fingerprint density at radius 3 is 1.20 bits per heavy atom. The van der Waals surface area contributed by atoms with Crippen LogP contribution < -0.4 is 29.0 Å². The molecule has 6 aromatic carbocycles. The zero-order chi connectivity index (χ0) is 54.9. The molecule has 0 aliphatic heterocycles. The van der Waals surface area contributed by atoms with Crippen LogP contribution >= 0.6 is 0 Å². The van der Waals surface area contributed by atoms with E-state index >= 15 is 0 Å². The van der Waals surface area contributed by atoms with Crippen LogP contribution in [0.2, 0.25) is 0 Å². The Balaban J connectivity index is 0.000000842. The van der Waals surface area contributed by atoms with Crippen LogP contribution in [-0.2, 0) is 6.54 Å². The first-order valence-electron chi connectivity index (χ1n) is 23.5. The molecule has 0 saturated carbocycles. The molecule has 74 heavy (non-hydrogen) atoms. The number of aromatic nitrogens is 2. The van der Waals surface area contributed by atoms with Gasteiger partial charge in [-0.05, 0) is 187 Å². The van der Waals surface area contributed by atoms with Crippen LogP contribution in [0.25, 0.3) is 0 Å². The number of phenolic OH excluding ortho intramolecular Hbond substituents is 2. The third kappa shape index (κ3) is 26.3. The quantitative estimate of drug-likeness (QED) is 0.119. The topological polar surface area (TPSA) is 148 Å². The summed E-state index contributed by atoms with van der Waals surface area (Å²) >= 11 is 0. The molecule has 0 unspecified atom stereocenters. The number of nitrogens with one attached hydrogen (secondary N) is 1. The summed E-state index contributed by atoms with van der Waals surface area (Å²) in [6, 6.07) is 37.4. The smallest absolute Gasteiger partial charge is 0.232 e. The van der Waals surface area contributed by atoms with E-state index in [-0.39, 0.29) is 13.3 Å². The molecule has 0 saturated heterocycles. The van der Waals surface area contributed by atoms with Gasteiger partial charge in [0.2, 0.25) is 5.82 Å². The number of aromatic hydroxyl groups is 2. The average Bonchev–Trinajstić information content (AvgIpc) is 3.38. The number of hydrogen-bond donors (Lipinski definition) is 3. The van der Waals surface area contributed by atoms with Crippen molar-refractivity contribution < 1.29 is 33.9 Å². The molecule has 0 atom stereocenters. The molecular weight excluding hydrogens is 925 g/mol. The van der Waals surface area contributed by atoms with E-state index in [0.717, 1.165) is 56.6 Å². The van der Waals surface area contributed by atoms with Gasteiger partial charge in [0.25, 0.3) is 0 Å². The number of nitriles is 1. The molecule has 0 aliphatic rings.